The fourth-order valence-electron chi connectivity index (χ4n) is 1.81. The molecule has 3 N–H and O–H groups in total. The Morgan fingerprint density at radius 1 is 1.38 bits per heavy atom. The first kappa shape index (κ1) is 14.6. The number of rotatable bonds is 5. The fourth-order valence-corrected chi connectivity index (χ4v) is 1.81. The zero-order valence-corrected chi connectivity index (χ0v) is 11.4. The first-order valence-corrected chi connectivity index (χ1v) is 6.25. The highest BCUT2D eigenvalue weighted by Gasteiger charge is 2.23. The van der Waals surface area contributed by atoms with Gasteiger partial charge in [0.25, 0.3) is 5.91 Å². The van der Waals surface area contributed by atoms with Crippen LogP contribution in [0, 0.1) is 0 Å². The Kier molecular flexibility index (Phi) is 4.55. The van der Waals surface area contributed by atoms with Crippen molar-refractivity contribution in [1.82, 2.24) is 15.3 Å². The average Bonchev–Trinajstić information content (AvgIpc) is 2.99. The monoisotopic (exact) mass is 289 g/mol. The fraction of sp³-hybridized carbons (Fsp3) is 0.214. The lowest BCUT2D eigenvalue weighted by atomic mass is 10.1. The number of methoxy groups -OCH3 is 1. The lowest BCUT2D eigenvalue weighted by Gasteiger charge is -2.15. The van der Waals surface area contributed by atoms with Crippen molar-refractivity contribution < 1.29 is 19.4 Å². The second-order valence-electron chi connectivity index (χ2n) is 4.38. The molecule has 1 atom stereocenters. The van der Waals surface area contributed by atoms with E-state index in [4.69, 9.17) is 0 Å². The van der Waals surface area contributed by atoms with E-state index in [9.17, 15) is 14.7 Å². The van der Waals surface area contributed by atoms with Gasteiger partial charge in [-0.05, 0) is 24.3 Å². The van der Waals surface area contributed by atoms with E-state index in [2.05, 4.69) is 20.0 Å². The number of aromatic nitrogens is 2. The Hall–Kier alpha value is -2.83. The number of imidazole rings is 1. The van der Waals surface area contributed by atoms with Crippen LogP contribution in [0.25, 0.3) is 0 Å². The molecular formula is C14H15N3O4. The van der Waals surface area contributed by atoms with Gasteiger partial charge in [0.1, 0.15) is 11.8 Å². The number of ether oxygens (including phenoxy) is 1. The van der Waals surface area contributed by atoms with Crippen LogP contribution in [0.5, 0.6) is 5.75 Å². The van der Waals surface area contributed by atoms with Crippen molar-refractivity contribution in [2.75, 3.05) is 7.11 Å². The molecule has 1 aromatic heterocycles. The molecule has 0 spiro atoms. The molecule has 1 heterocycles. The molecule has 1 aromatic carbocycles. The Morgan fingerprint density at radius 3 is 2.67 bits per heavy atom. The Morgan fingerprint density at radius 2 is 2.10 bits per heavy atom. The third-order valence-electron chi connectivity index (χ3n) is 2.90. The summed E-state index contributed by atoms with van der Waals surface area (Å²) >= 11 is 0. The van der Waals surface area contributed by atoms with Gasteiger partial charge in [0.2, 0.25) is 0 Å². The van der Waals surface area contributed by atoms with Gasteiger partial charge in [-0.3, -0.25) is 4.79 Å². The van der Waals surface area contributed by atoms with Gasteiger partial charge in [-0.1, -0.05) is 0 Å². The quantitative estimate of drug-likeness (QED) is 0.700. The maximum absolute atomic E-state index is 12.1. The largest absolute Gasteiger partial charge is 0.508 e. The number of esters is 1. The number of phenols is 1. The summed E-state index contributed by atoms with van der Waals surface area (Å²) in [6.45, 7) is 0. The van der Waals surface area contributed by atoms with Crippen molar-refractivity contribution in [1.29, 1.82) is 0 Å². The van der Waals surface area contributed by atoms with Gasteiger partial charge in [0, 0.05) is 23.9 Å². The summed E-state index contributed by atoms with van der Waals surface area (Å²) in [7, 11) is 1.26. The molecule has 110 valence electrons. The van der Waals surface area contributed by atoms with E-state index in [0.717, 1.165) is 0 Å². The van der Waals surface area contributed by atoms with Crippen molar-refractivity contribution in [2.45, 2.75) is 12.5 Å². The summed E-state index contributed by atoms with van der Waals surface area (Å²) in [6.07, 6.45) is 3.31. The van der Waals surface area contributed by atoms with Crippen LogP contribution in [0.2, 0.25) is 0 Å². The molecule has 0 bridgehead atoms. The van der Waals surface area contributed by atoms with Gasteiger partial charge in [0.05, 0.1) is 13.4 Å². The molecule has 21 heavy (non-hydrogen) atoms. The van der Waals surface area contributed by atoms with E-state index < -0.39 is 17.9 Å². The second-order valence-corrected chi connectivity index (χ2v) is 4.38. The van der Waals surface area contributed by atoms with Crippen LogP contribution >= 0.6 is 0 Å². The van der Waals surface area contributed by atoms with E-state index in [1.54, 1.807) is 6.20 Å². The minimum Gasteiger partial charge on any atom is -0.508 e. The highest BCUT2D eigenvalue weighted by atomic mass is 16.5. The first-order chi connectivity index (χ1) is 10.1. The number of nitrogens with zero attached hydrogens (tertiary/aromatic N) is 1. The third kappa shape index (κ3) is 3.82. The molecule has 7 heteroatoms. The number of hydrogen-bond acceptors (Lipinski definition) is 5. The Bertz CT molecular complexity index is 608. The molecule has 0 aliphatic rings. The van der Waals surface area contributed by atoms with E-state index in [0.29, 0.717) is 11.3 Å². The number of nitrogens with one attached hydrogen (secondary N) is 2. The minimum atomic E-state index is -0.822. The van der Waals surface area contributed by atoms with Gasteiger partial charge >= 0.3 is 5.97 Å². The number of aromatic amines is 1. The number of H-pyrrole nitrogens is 1. The first-order valence-electron chi connectivity index (χ1n) is 6.25. The van der Waals surface area contributed by atoms with Crippen LogP contribution in [-0.4, -0.2) is 40.1 Å². The van der Waals surface area contributed by atoms with Gasteiger partial charge in [-0.2, -0.15) is 0 Å². The number of aromatic hydroxyl groups is 1. The van der Waals surface area contributed by atoms with Crippen LogP contribution in [-0.2, 0) is 16.0 Å². The molecule has 0 saturated heterocycles. The van der Waals surface area contributed by atoms with E-state index in [-0.39, 0.29) is 12.2 Å². The molecule has 0 unspecified atom stereocenters. The third-order valence-corrected chi connectivity index (χ3v) is 2.90. The Labute approximate surface area is 121 Å². The summed E-state index contributed by atoms with van der Waals surface area (Å²) in [5, 5.41) is 11.8. The van der Waals surface area contributed by atoms with Crippen molar-refractivity contribution in [3.63, 3.8) is 0 Å². The Balaban J connectivity index is 2.09. The number of benzene rings is 1. The summed E-state index contributed by atoms with van der Waals surface area (Å²) in [5.74, 6) is -0.907. The standard InChI is InChI=1S/C14H15N3O4/c1-21-14(20)12(6-10-7-15-8-16-10)17-13(19)9-2-4-11(18)5-3-9/h2-5,7-8,12,18H,6H2,1H3,(H,15,16)(H,17,19)/t12-/m0/s1. The number of carbonyl (C=O) groups is 2. The summed E-state index contributed by atoms with van der Waals surface area (Å²) in [4.78, 5) is 30.6. The predicted molar refractivity (Wildman–Crippen MR) is 73.7 cm³/mol. The van der Waals surface area contributed by atoms with E-state index >= 15 is 0 Å². The van der Waals surface area contributed by atoms with E-state index in [1.807, 2.05) is 0 Å². The van der Waals surface area contributed by atoms with Crippen molar-refractivity contribution >= 4 is 11.9 Å². The van der Waals surface area contributed by atoms with Crippen LogP contribution < -0.4 is 5.32 Å². The van der Waals surface area contributed by atoms with Gasteiger partial charge in [0.15, 0.2) is 0 Å². The second kappa shape index (κ2) is 6.56. The zero-order valence-electron chi connectivity index (χ0n) is 11.4. The number of amides is 1. The summed E-state index contributed by atoms with van der Waals surface area (Å²) in [6, 6.07) is 4.91. The van der Waals surface area contributed by atoms with Gasteiger partial charge < -0.3 is 20.1 Å². The average molecular weight is 289 g/mol. The molecule has 7 nitrogen and oxygen atoms in total. The van der Waals surface area contributed by atoms with E-state index in [1.165, 1.54) is 37.7 Å². The molecular weight excluding hydrogens is 274 g/mol. The van der Waals surface area contributed by atoms with Crippen LogP contribution in [0.3, 0.4) is 0 Å². The molecule has 0 fully saturated rings. The highest BCUT2D eigenvalue weighted by Crippen LogP contribution is 2.10. The molecule has 2 rings (SSSR count). The molecule has 0 radical (unpaired) electrons. The normalized spacial score (nSPS) is 11.7. The maximum atomic E-state index is 12.1. The highest BCUT2D eigenvalue weighted by molar-refractivity contribution is 5.96. The maximum Gasteiger partial charge on any atom is 0.328 e. The van der Waals surface area contributed by atoms with Gasteiger partial charge in [-0.15, -0.1) is 0 Å². The molecule has 0 aliphatic carbocycles. The van der Waals surface area contributed by atoms with Crippen molar-refractivity contribution in [3.05, 3.63) is 48.0 Å². The topological polar surface area (TPSA) is 104 Å². The number of carbonyl (C=O) groups excluding carboxylic acids is 2. The zero-order chi connectivity index (χ0) is 15.2. The van der Waals surface area contributed by atoms with Crippen LogP contribution in [0.1, 0.15) is 16.1 Å². The lowest BCUT2D eigenvalue weighted by molar-refractivity contribution is -0.142. The predicted octanol–water partition coefficient (Wildman–Crippen LogP) is 0.629. The number of phenolic OH excluding ortho intramolecular Hbond substituents is 1. The molecule has 0 aliphatic heterocycles. The molecule has 1 amide bonds. The van der Waals surface area contributed by atoms with Crippen molar-refractivity contribution in [2.24, 2.45) is 0 Å². The van der Waals surface area contributed by atoms with Gasteiger partial charge in [-0.25, -0.2) is 9.78 Å². The van der Waals surface area contributed by atoms with Crippen molar-refractivity contribution in [3.8, 4) is 5.75 Å². The number of hydrogen-bond donors (Lipinski definition) is 3. The summed E-state index contributed by atoms with van der Waals surface area (Å²) < 4.78 is 4.69. The smallest absolute Gasteiger partial charge is 0.328 e. The van der Waals surface area contributed by atoms with Crippen LogP contribution in [0.4, 0.5) is 0 Å². The summed E-state index contributed by atoms with van der Waals surface area (Å²) in [5.41, 5.74) is 1.04. The van der Waals surface area contributed by atoms with Crippen LogP contribution in [0.15, 0.2) is 36.8 Å². The molecule has 2 aromatic rings. The lowest BCUT2D eigenvalue weighted by Crippen LogP contribution is -2.43. The minimum absolute atomic E-state index is 0.0635. The SMILES string of the molecule is COC(=O)[C@H](Cc1cnc[nH]1)NC(=O)c1ccc(O)cc1. The molecule has 0 saturated carbocycles.